The van der Waals surface area contributed by atoms with Gasteiger partial charge in [-0.05, 0) is 44.0 Å². The summed E-state index contributed by atoms with van der Waals surface area (Å²) < 4.78 is 1.87. The van der Waals surface area contributed by atoms with Crippen LogP contribution < -0.4 is 5.32 Å². The number of hydrogen-bond acceptors (Lipinski definition) is 3. The molecular weight excluding hydrogens is 304 g/mol. The number of imidazole rings is 1. The third-order valence-corrected chi connectivity index (χ3v) is 3.80. The van der Waals surface area contributed by atoms with Crippen LogP contribution in [0, 0.1) is 13.8 Å². The van der Waals surface area contributed by atoms with Crippen LogP contribution in [0.15, 0.2) is 30.6 Å². The standard InChI is InChI=1S/C18H24N4O2/c1-5-22(12-16-19-6-7-21(16)4)18(24)11-17(23)20-15-9-13(2)8-14(3)10-15/h6-10H,5,11-12H2,1-4H3,(H,20,23). The third kappa shape index (κ3) is 4.68. The van der Waals surface area contributed by atoms with Gasteiger partial charge in [-0.15, -0.1) is 0 Å². The predicted molar refractivity (Wildman–Crippen MR) is 93.5 cm³/mol. The predicted octanol–water partition coefficient (Wildman–Crippen LogP) is 2.41. The lowest BCUT2D eigenvalue weighted by Gasteiger charge is -2.20. The number of nitrogens with zero attached hydrogens (tertiary/aromatic N) is 3. The molecule has 0 fully saturated rings. The zero-order valence-corrected chi connectivity index (χ0v) is 14.7. The lowest BCUT2D eigenvalue weighted by Crippen LogP contribution is -2.34. The van der Waals surface area contributed by atoms with E-state index in [-0.39, 0.29) is 18.2 Å². The van der Waals surface area contributed by atoms with Crippen molar-refractivity contribution in [3.63, 3.8) is 0 Å². The van der Waals surface area contributed by atoms with Gasteiger partial charge in [0.2, 0.25) is 11.8 Å². The van der Waals surface area contributed by atoms with Crippen LogP contribution in [-0.4, -0.2) is 32.8 Å². The summed E-state index contributed by atoms with van der Waals surface area (Å²) in [6.07, 6.45) is 3.35. The van der Waals surface area contributed by atoms with Crippen molar-refractivity contribution in [3.05, 3.63) is 47.5 Å². The number of rotatable bonds is 6. The second-order valence-corrected chi connectivity index (χ2v) is 5.96. The Kier molecular flexibility index (Phi) is 5.73. The summed E-state index contributed by atoms with van der Waals surface area (Å²) in [4.78, 5) is 30.4. The van der Waals surface area contributed by atoms with E-state index in [1.54, 1.807) is 11.1 Å². The number of hydrogen-bond donors (Lipinski definition) is 1. The average Bonchev–Trinajstić information content (AvgIpc) is 2.88. The lowest BCUT2D eigenvalue weighted by atomic mass is 10.1. The maximum Gasteiger partial charge on any atom is 0.233 e. The van der Waals surface area contributed by atoms with E-state index in [1.165, 1.54) is 0 Å². The molecule has 24 heavy (non-hydrogen) atoms. The number of aromatic nitrogens is 2. The van der Waals surface area contributed by atoms with Crippen molar-refractivity contribution in [2.24, 2.45) is 7.05 Å². The SMILES string of the molecule is CCN(Cc1nccn1C)C(=O)CC(=O)Nc1cc(C)cc(C)c1. The molecule has 2 aromatic rings. The van der Waals surface area contributed by atoms with Crippen LogP contribution in [-0.2, 0) is 23.2 Å². The Morgan fingerprint density at radius 1 is 1.21 bits per heavy atom. The van der Waals surface area contributed by atoms with E-state index in [0.717, 1.165) is 22.6 Å². The highest BCUT2D eigenvalue weighted by Gasteiger charge is 2.18. The molecule has 0 spiro atoms. The van der Waals surface area contributed by atoms with Gasteiger partial charge < -0.3 is 14.8 Å². The fourth-order valence-electron chi connectivity index (χ4n) is 2.60. The maximum atomic E-state index is 12.4. The Balaban J connectivity index is 1.96. The summed E-state index contributed by atoms with van der Waals surface area (Å²) in [7, 11) is 1.88. The highest BCUT2D eigenvalue weighted by atomic mass is 16.2. The molecule has 0 radical (unpaired) electrons. The first-order valence-electron chi connectivity index (χ1n) is 8.01. The zero-order valence-electron chi connectivity index (χ0n) is 14.7. The Bertz CT molecular complexity index is 716. The Morgan fingerprint density at radius 3 is 2.42 bits per heavy atom. The highest BCUT2D eigenvalue weighted by molar-refractivity contribution is 6.03. The number of nitrogens with one attached hydrogen (secondary N) is 1. The minimum atomic E-state index is -0.303. The summed E-state index contributed by atoms with van der Waals surface area (Å²) in [6.45, 7) is 6.76. The number of amides is 2. The molecule has 1 heterocycles. The van der Waals surface area contributed by atoms with E-state index in [1.807, 2.05) is 56.8 Å². The molecule has 0 aliphatic rings. The molecule has 1 aromatic heterocycles. The quantitative estimate of drug-likeness (QED) is 0.828. The van der Waals surface area contributed by atoms with Crippen LogP contribution in [0.25, 0.3) is 0 Å². The topological polar surface area (TPSA) is 67.2 Å². The van der Waals surface area contributed by atoms with Crippen LogP contribution in [0.4, 0.5) is 5.69 Å². The molecule has 0 bridgehead atoms. The molecule has 1 N–H and O–H groups in total. The molecule has 0 unspecified atom stereocenters. The third-order valence-electron chi connectivity index (χ3n) is 3.80. The minimum Gasteiger partial charge on any atom is -0.337 e. The molecule has 2 rings (SSSR count). The van der Waals surface area contributed by atoms with Crippen molar-refractivity contribution in [3.8, 4) is 0 Å². The van der Waals surface area contributed by atoms with E-state index in [4.69, 9.17) is 0 Å². The normalized spacial score (nSPS) is 10.5. The van der Waals surface area contributed by atoms with Gasteiger partial charge in [-0.3, -0.25) is 9.59 Å². The molecule has 6 nitrogen and oxygen atoms in total. The van der Waals surface area contributed by atoms with Gasteiger partial charge in [0.05, 0.1) is 6.54 Å². The smallest absolute Gasteiger partial charge is 0.233 e. The van der Waals surface area contributed by atoms with Crippen LogP contribution in [0.5, 0.6) is 0 Å². The van der Waals surface area contributed by atoms with Gasteiger partial charge >= 0.3 is 0 Å². The molecule has 128 valence electrons. The molecule has 1 aromatic carbocycles. The van der Waals surface area contributed by atoms with Crippen molar-refractivity contribution in [2.75, 3.05) is 11.9 Å². The van der Waals surface area contributed by atoms with Gasteiger partial charge in [0.1, 0.15) is 12.2 Å². The monoisotopic (exact) mass is 328 g/mol. The molecular formula is C18H24N4O2. The molecule has 0 aliphatic carbocycles. The summed E-state index contributed by atoms with van der Waals surface area (Å²) >= 11 is 0. The van der Waals surface area contributed by atoms with E-state index < -0.39 is 0 Å². The number of carbonyl (C=O) groups excluding carboxylic acids is 2. The Labute approximate surface area is 142 Å². The van der Waals surface area contributed by atoms with Crippen molar-refractivity contribution < 1.29 is 9.59 Å². The van der Waals surface area contributed by atoms with Gasteiger partial charge in [0, 0.05) is 31.7 Å². The van der Waals surface area contributed by atoms with Crippen molar-refractivity contribution in [2.45, 2.75) is 33.7 Å². The summed E-state index contributed by atoms with van der Waals surface area (Å²) in [5.41, 5.74) is 2.86. The van der Waals surface area contributed by atoms with Crippen LogP contribution in [0.1, 0.15) is 30.3 Å². The number of anilines is 1. The van der Waals surface area contributed by atoms with Crippen LogP contribution in [0.2, 0.25) is 0 Å². The fourth-order valence-corrected chi connectivity index (χ4v) is 2.60. The molecule has 6 heteroatoms. The number of aryl methyl sites for hydroxylation is 3. The van der Waals surface area contributed by atoms with Crippen LogP contribution >= 0.6 is 0 Å². The second kappa shape index (κ2) is 7.77. The summed E-state index contributed by atoms with van der Waals surface area (Å²) in [6, 6.07) is 5.81. The molecule has 0 saturated heterocycles. The number of carbonyl (C=O) groups is 2. The van der Waals surface area contributed by atoms with Gasteiger partial charge in [-0.25, -0.2) is 4.98 Å². The lowest BCUT2D eigenvalue weighted by molar-refractivity contribution is -0.135. The molecule has 2 amide bonds. The first-order chi connectivity index (χ1) is 11.4. The van der Waals surface area contributed by atoms with Gasteiger partial charge in [-0.1, -0.05) is 6.07 Å². The zero-order chi connectivity index (χ0) is 17.7. The molecule has 0 aliphatic heterocycles. The van der Waals surface area contributed by atoms with Gasteiger partial charge in [0.15, 0.2) is 0 Å². The first-order valence-corrected chi connectivity index (χ1v) is 8.01. The van der Waals surface area contributed by atoms with E-state index >= 15 is 0 Å². The highest BCUT2D eigenvalue weighted by Crippen LogP contribution is 2.14. The first kappa shape index (κ1) is 17.7. The van der Waals surface area contributed by atoms with E-state index in [0.29, 0.717) is 13.1 Å². The summed E-state index contributed by atoms with van der Waals surface area (Å²) in [5.74, 6) is 0.283. The number of benzene rings is 1. The van der Waals surface area contributed by atoms with Crippen molar-refractivity contribution >= 4 is 17.5 Å². The van der Waals surface area contributed by atoms with E-state index in [9.17, 15) is 9.59 Å². The van der Waals surface area contributed by atoms with Crippen molar-refractivity contribution in [1.29, 1.82) is 0 Å². The maximum absolute atomic E-state index is 12.4. The largest absolute Gasteiger partial charge is 0.337 e. The average molecular weight is 328 g/mol. The second-order valence-electron chi connectivity index (χ2n) is 5.96. The molecule has 0 atom stereocenters. The van der Waals surface area contributed by atoms with E-state index in [2.05, 4.69) is 10.3 Å². The van der Waals surface area contributed by atoms with Gasteiger partial charge in [-0.2, -0.15) is 0 Å². The minimum absolute atomic E-state index is 0.175. The van der Waals surface area contributed by atoms with Gasteiger partial charge in [0.25, 0.3) is 0 Å². The van der Waals surface area contributed by atoms with Crippen molar-refractivity contribution in [1.82, 2.24) is 14.5 Å². The van der Waals surface area contributed by atoms with Crippen LogP contribution in [0.3, 0.4) is 0 Å². The molecule has 0 saturated carbocycles. The summed E-state index contributed by atoms with van der Waals surface area (Å²) in [5, 5.41) is 2.80. The Morgan fingerprint density at radius 2 is 1.88 bits per heavy atom. The Hall–Kier alpha value is -2.63. The fraction of sp³-hybridized carbons (Fsp3) is 0.389.